The van der Waals surface area contributed by atoms with Crippen molar-refractivity contribution in [3.63, 3.8) is 0 Å². The highest BCUT2D eigenvalue weighted by Gasteiger charge is 2.32. The fraction of sp³-hybridized carbons (Fsp3) is 0.125. The average molecular weight is 549 g/mol. The van der Waals surface area contributed by atoms with Gasteiger partial charge in [-0.25, -0.2) is 14.4 Å². The lowest BCUT2D eigenvalue weighted by Gasteiger charge is -2.16. The van der Waals surface area contributed by atoms with Gasteiger partial charge in [-0.15, -0.1) is 0 Å². The number of ether oxygens (including phenoxy) is 1. The predicted molar refractivity (Wildman–Crippen MR) is 128 cm³/mol. The van der Waals surface area contributed by atoms with Crippen LogP contribution >= 0.6 is 15.9 Å². The molecule has 3 N–H and O–H groups in total. The lowest BCUT2D eigenvalue weighted by atomic mass is 9.97. The van der Waals surface area contributed by atoms with Crippen molar-refractivity contribution in [1.82, 2.24) is 9.97 Å². The number of nitrogens with one attached hydrogen (secondary N) is 1. The van der Waals surface area contributed by atoms with E-state index in [9.17, 15) is 22.4 Å². The van der Waals surface area contributed by atoms with Crippen LogP contribution in [0.4, 0.5) is 29.2 Å². The largest absolute Gasteiger partial charge is 0.495 e. The number of amides is 1. The molecule has 1 amide bonds. The maximum Gasteiger partial charge on any atom is 0.416 e. The summed E-state index contributed by atoms with van der Waals surface area (Å²) in [6.07, 6.45) is -3.16. The summed E-state index contributed by atoms with van der Waals surface area (Å²) >= 11 is 3.49. The fourth-order valence-electron chi connectivity index (χ4n) is 3.60. The third-order valence-corrected chi connectivity index (χ3v) is 6.05. The van der Waals surface area contributed by atoms with Crippen molar-refractivity contribution < 1.29 is 27.1 Å². The number of alkyl halides is 3. The fourth-order valence-corrected chi connectivity index (χ4v) is 4.29. The standard InChI is InChI=1S/C24H17BrF4N4O2/c1-11-3-5-14(32-22(34)17-8-13(24(27,28)29)4-6-18(17)26)9-15(11)16-7-12-10-31-23(30)33-20(12)19(25)21(16)35-2/h3-10H,1-2H3,(H,32,34)(H2,30,31,33). The Morgan fingerprint density at radius 1 is 1.11 bits per heavy atom. The zero-order valence-corrected chi connectivity index (χ0v) is 19.9. The van der Waals surface area contributed by atoms with Crippen LogP contribution in [0.1, 0.15) is 21.5 Å². The number of nitrogen functional groups attached to an aromatic ring is 1. The first-order chi connectivity index (χ1) is 16.5. The quantitative estimate of drug-likeness (QED) is 0.289. The SMILES string of the molecule is COc1c(-c2cc(NC(=O)c3cc(C(F)(F)F)ccc3F)ccc2C)cc2cnc(N)nc2c1Br. The molecule has 11 heteroatoms. The molecule has 0 atom stereocenters. The number of halogens is 5. The van der Waals surface area contributed by atoms with Gasteiger partial charge in [-0.2, -0.15) is 13.2 Å². The summed E-state index contributed by atoms with van der Waals surface area (Å²) in [5.74, 6) is -1.54. The zero-order valence-electron chi connectivity index (χ0n) is 18.3. The van der Waals surface area contributed by atoms with E-state index in [2.05, 4.69) is 31.2 Å². The summed E-state index contributed by atoms with van der Waals surface area (Å²) in [6.45, 7) is 1.84. The number of rotatable bonds is 4. The Balaban J connectivity index is 1.76. The second-order valence-electron chi connectivity index (χ2n) is 7.61. The normalized spacial score (nSPS) is 11.5. The zero-order chi connectivity index (χ0) is 25.5. The Morgan fingerprint density at radius 2 is 1.86 bits per heavy atom. The van der Waals surface area contributed by atoms with Crippen LogP contribution in [-0.2, 0) is 6.18 Å². The van der Waals surface area contributed by atoms with Crippen LogP contribution in [0.3, 0.4) is 0 Å². The van der Waals surface area contributed by atoms with Gasteiger partial charge in [0.2, 0.25) is 5.95 Å². The van der Waals surface area contributed by atoms with Gasteiger partial charge in [0, 0.05) is 22.8 Å². The maximum absolute atomic E-state index is 14.2. The highest BCUT2D eigenvalue weighted by molar-refractivity contribution is 9.10. The van der Waals surface area contributed by atoms with Gasteiger partial charge in [0.1, 0.15) is 11.6 Å². The first kappa shape index (κ1) is 24.4. The summed E-state index contributed by atoms with van der Waals surface area (Å²) in [5, 5.41) is 3.14. The van der Waals surface area contributed by atoms with Crippen LogP contribution < -0.4 is 15.8 Å². The van der Waals surface area contributed by atoms with Crippen molar-refractivity contribution in [3.8, 4) is 16.9 Å². The minimum Gasteiger partial charge on any atom is -0.495 e. The Morgan fingerprint density at radius 3 is 2.54 bits per heavy atom. The second-order valence-corrected chi connectivity index (χ2v) is 8.41. The predicted octanol–water partition coefficient (Wildman–Crippen LogP) is 6.37. The molecule has 1 aromatic heterocycles. The van der Waals surface area contributed by atoms with Crippen molar-refractivity contribution in [2.75, 3.05) is 18.2 Å². The maximum atomic E-state index is 14.2. The minimum atomic E-state index is -4.71. The molecule has 0 bridgehead atoms. The van der Waals surface area contributed by atoms with Crippen molar-refractivity contribution in [2.24, 2.45) is 0 Å². The van der Waals surface area contributed by atoms with Crippen LogP contribution in [0.2, 0.25) is 0 Å². The Bertz CT molecular complexity index is 1470. The summed E-state index contributed by atoms with van der Waals surface area (Å²) in [5.41, 5.74) is 6.76. The third-order valence-electron chi connectivity index (χ3n) is 5.32. The molecule has 4 aromatic rings. The number of aryl methyl sites for hydroxylation is 1. The smallest absolute Gasteiger partial charge is 0.416 e. The molecule has 0 fully saturated rings. The number of fused-ring (bicyclic) bond motifs is 1. The molecule has 1 heterocycles. The van der Waals surface area contributed by atoms with Gasteiger partial charge in [-0.1, -0.05) is 6.07 Å². The highest BCUT2D eigenvalue weighted by Crippen LogP contribution is 2.42. The molecule has 0 unspecified atom stereocenters. The number of nitrogens with zero attached hydrogens (tertiary/aromatic N) is 2. The summed E-state index contributed by atoms with van der Waals surface area (Å²) in [6, 6.07) is 8.36. The number of hydrogen-bond acceptors (Lipinski definition) is 5. The van der Waals surface area contributed by atoms with E-state index in [0.717, 1.165) is 5.56 Å². The van der Waals surface area contributed by atoms with E-state index in [4.69, 9.17) is 10.5 Å². The Labute approximate surface area is 205 Å². The van der Waals surface area contributed by atoms with Crippen LogP contribution in [-0.4, -0.2) is 23.0 Å². The monoisotopic (exact) mass is 548 g/mol. The molecule has 0 aliphatic rings. The molecule has 35 heavy (non-hydrogen) atoms. The van der Waals surface area contributed by atoms with Gasteiger partial charge in [0.05, 0.1) is 28.2 Å². The van der Waals surface area contributed by atoms with Crippen LogP contribution in [0.15, 0.2) is 53.1 Å². The van der Waals surface area contributed by atoms with Crippen LogP contribution in [0.25, 0.3) is 22.0 Å². The molecule has 6 nitrogen and oxygen atoms in total. The molecular weight excluding hydrogens is 532 g/mol. The molecule has 0 aliphatic carbocycles. The summed E-state index contributed by atoms with van der Waals surface area (Å²) in [7, 11) is 1.48. The van der Waals surface area contributed by atoms with Gasteiger partial charge in [0.25, 0.3) is 5.91 Å². The van der Waals surface area contributed by atoms with Crippen molar-refractivity contribution in [2.45, 2.75) is 13.1 Å². The van der Waals surface area contributed by atoms with E-state index >= 15 is 0 Å². The number of carbonyl (C=O) groups is 1. The number of carbonyl (C=O) groups excluding carboxylic acids is 1. The number of methoxy groups -OCH3 is 1. The van der Waals surface area contributed by atoms with E-state index in [1.165, 1.54) is 7.11 Å². The van der Waals surface area contributed by atoms with E-state index < -0.39 is 29.0 Å². The second kappa shape index (κ2) is 9.14. The number of hydrogen-bond donors (Lipinski definition) is 2. The lowest BCUT2D eigenvalue weighted by molar-refractivity contribution is -0.137. The molecule has 3 aromatic carbocycles. The van der Waals surface area contributed by atoms with Crippen molar-refractivity contribution in [3.05, 3.63) is 75.6 Å². The number of aromatic nitrogens is 2. The van der Waals surface area contributed by atoms with E-state index in [1.54, 1.807) is 30.5 Å². The van der Waals surface area contributed by atoms with Gasteiger partial charge in [0.15, 0.2) is 0 Å². The molecule has 4 rings (SSSR count). The van der Waals surface area contributed by atoms with Gasteiger partial charge >= 0.3 is 6.18 Å². The topological polar surface area (TPSA) is 90.1 Å². The first-order valence-electron chi connectivity index (χ1n) is 10.1. The highest BCUT2D eigenvalue weighted by atomic mass is 79.9. The van der Waals surface area contributed by atoms with Crippen LogP contribution in [0, 0.1) is 12.7 Å². The third kappa shape index (κ3) is 4.76. The molecule has 180 valence electrons. The van der Waals surface area contributed by atoms with E-state index in [0.29, 0.717) is 50.5 Å². The van der Waals surface area contributed by atoms with Crippen LogP contribution in [0.5, 0.6) is 5.75 Å². The molecule has 0 aliphatic heterocycles. The van der Waals surface area contributed by atoms with Gasteiger partial charge < -0.3 is 15.8 Å². The number of benzene rings is 3. The molecule has 0 spiro atoms. The van der Waals surface area contributed by atoms with Crippen molar-refractivity contribution in [1.29, 1.82) is 0 Å². The van der Waals surface area contributed by atoms with Crippen molar-refractivity contribution >= 4 is 44.4 Å². The van der Waals surface area contributed by atoms with E-state index in [-0.39, 0.29) is 11.6 Å². The van der Waals surface area contributed by atoms with E-state index in [1.807, 2.05) is 6.92 Å². The Hall–Kier alpha value is -3.73. The number of anilines is 2. The average Bonchev–Trinajstić information content (AvgIpc) is 2.80. The molecule has 0 saturated carbocycles. The minimum absolute atomic E-state index is 0.0933. The van der Waals surface area contributed by atoms with Gasteiger partial charge in [-0.3, -0.25) is 4.79 Å². The van der Waals surface area contributed by atoms with Gasteiger partial charge in [-0.05, 0) is 70.4 Å². The summed E-state index contributed by atoms with van der Waals surface area (Å²) < 4.78 is 59.4. The first-order valence-corrected chi connectivity index (χ1v) is 10.9. The lowest BCUT2D eigenvalue weighted by Crippen LogP contribution is -2.16. The molecule has 0 radical (unpaired) electrons. The number of nitrogens with two attached hydrogens (primary N) is 1. The summed E-state index contributed by atoms with van der Waals surface area (Å²) in [4.78, 5) is 20.9. The molecule has 0 saturated heterocycles. The Kier molecular flexibility index (Phi) is 6.37. The molecular formula is C24H17BrF4N4O2.